The van der Waals surface area contributed by atoms with Gasteiger partial charge in [0.05, 0.1) is 0 Å². The van der Waals surface area contributed by atoms with Gasteiger partial charge in [-0.2, -0.15) is 0 Å². The van der Waals surface area contributed by atoms with E-state index >= 15 is 0 Å². The van der Waals surface area contributed by atoms with Gasteiger partial charge in [-0.25, -0.2) is 15.8 Å². The SMILES string of the molecule is CCCCN(CCCC)c1cc(NN)nc(COCC)n1. The molecule has 6 heteroatoms. The molecule has 1 aromatic rings. The van der Waals surface area contributed by atoms with Crippen LogP contribution in [0.4, 0.5) is 11.6 Å². The molecule has 0 bridgehead atoms. The van der Waals surface area contributed by atoms with Crippen molar-refractivity contribution in [3.8, 4) is 0 Å². The topological polar surface area (TPSA) is 76.3 Å². The van der Waals surface area contributed by atoms with Crippen molar-refractivity contribution >= 4 is 11.6 Å². The maximum atomic E-state index is 5.52. The van der Waals surface area contributed by atoms with E-state index in [1.54, 1.807) is 0 Å². The minimum atomic E-state index is 0.411. The molecule has 0 saturated carbocycles. The van der Waals surface area contributed by atoms with Crippen LogP contribution in [0.25, 0.3) is 0 Å². The lowest BCUT2D eigenvalue weighted by Crippen LogP contribution is -2.27. The lowest BCUT2D eigenvalue weighted by molar-refractivity contribution is 0.128. The third-order valence-corrected chi connectivity index (χ3v) is 3.23. The van der Waals surface area contributed by atoms with Gasteiger partial charge in [0.2, 0.25) is 0 Å². The highest BCUT2D eigenvalue weighted by Gasteiger charge is 2.11. The molecule has 0 fully saturated rings. The fraction of sp³-hybridized carbons (Fsp3) is 0.733. The first-order valence-electron chi connectivity index (χ1n) is 7.92. The lowest BCUT2D eigenvalue weighted by atomic mass is 10.2. The van der Waals surface area contributed by atoms with Crippen LogP contribution in [0.1, 0.15) is 52.3 Å². The van der Waals surface area contributed by atoms with Gasteiger partial charge >= 0.3 is 0 Å². The third-order valence-electron chi connectivity index (χ3n) is 3.23. The molecule has 3 N–H and O–H groups in total. The van der Waals surface area contributed by atoms with Crippen LogP contribution in [0.15, 0.2) is 6.07 Å². The van der Waals surface area contributed by atoms with Crippen molar-refractivity contribution in [2.24, 2.45) is 5.84 Å². The molecule has 1 aromatic heterocycles. The molecule has 0 radical (unpaired) electrons. The average Bonchev–Trinajstić information content (AvgIpc) is 2.52. The van der Waals surface area contributed by atoms with Gasteiger partial charge in [0.15, 0.2) is 5.82 Å². The summed E-state index contributed by atoms with van der Waals surface area (Å²) in [6.45, 7) is 9.43. The number of nitrogens with zero attached hydrogens (tertiary/aromatic N) is 3. The molecule has 0 aliphatic heterocycles. The van der Waals surface area contributed by atoms with Crippen LogP contribution in [0.3, 0.4) is 0 Å². The van der Waals surface area contributed by atoms with E-state index in [-0.39, 0.29) is 0 Å². The van der Waals surface area contributed by atoms with E-state index < -0.39 is 0 Å². The maximum absolute atomic E-state index is 5.52. The van der Waals surface area contributed by atoms with E-state index in [0.717, 1.165) is 31.7 Å². The summed E-state index contributed by atoms with van der Waals surface area (Å²) in [6.07, 6.45) is 4.64. The normalized spacial score (nSPS) is 10.7. The fourth-order valence-electron chi connectivity index (χ4n) is 2.02. The van der Waals surface area contributed by atoms with Gasteiger partial charge in [-0.1, -0.05) is 26.7 Å². The largest absolute Gasteiger partial charge is 0.374 e. The first kappa shape index (κ1) is 17.7. The number of unbranched alkanes of at least 4 members (excludes halogenated alkanes) is 2. The minimum Gasteiger partial charge on any atom is -0.374 e. The van der Waals surface area contributed by atoms with Gasteiger partial charge in [0.1, 0.15) is 18.2 Å². The molecule has 21 heavy (non-hydrogen) atoms. The number of nitrogen functional groups attached to an aromatic ring is 1. The molecule has 1 rings (SSSR count). The van der Waals surface area contributed by atoms with Crippen molar-refractivity contribution in [3.63, 3.8) is 0 Å². The Labute approximate surface area is 128 Å². The van der Waals surface area contributed by atoms with E-state index in [9.17, 15) is 0 Å². The van der Waals surface area contributed by atoms with Crippen molar-refractivity contribution < 1.29 is 4.74 Å². The van der Waals surface area contributed by atoms with E-state index in [0.29, 0.717) is 24.9 Å². The molecule has 6 nitrogen and oxygen atoms in total. The number of hydrogen-bond acceptors (Lipinski definition) is 6. The predicted octanol–water partition coefficient (Wildman–Crippen LogP) is 2.71. The van der Waals surface area contributed by atoms with Crippen molar-refractivity contribution in [1.82, 2.24) is 9.97 Å². The minimum absolute atomic E-state index is 0.411. The predicted molar refractivity (Wildman–Crippen MR) is 87.2 cm³/mol. The first-order valence-corrected chi connectivity index (χ1v) is 7.92. The summed E-state index contributed by atoms with van der Waals surface area (Å²) in [5.41, 5.74) is 2.62. The van der Waals surface area contributed by atoms with E-state index in [1.165, 1.54) is 12.8 Å². The summed E-state index contributed by atoms with van der Waals surface area (Å²) in [4.78, 5) is 11.3. The van der Waals surface area contributed by atoms with Gasteiger partial charge in [-0.15, -0.1) is 0 Å². The number of anilines is 2. The summed E-state index contributed by atoms with van der Waals surface area (Å²) < 4.78 is 5.40. The number of nitrogens with one attached hydrogen (secondary N) is 1. The number of ether oxygens (including phenoxy) is 1. The number of nitrogens with two attached hydrogens (primary N) is 1. The Morgan fingerprint density at radius 3 is 2.33 bits per heavy atom. The van der Waals surface area contributed by atoms with Gasteiger partial charge in [0, 0.05) is 25.8 Å². The number of hydrogen-bond donors (Lipinski definition) is 2. The average molecular weight is 295 g/mol. The van der Waals surface area contributed by atoms with Gasteiger partial charge in [-0.3, -0.25) is 0 Å². The Hall–Kier alpha value is -1.40. The molecule has 120 valence electrons. The van der Waals surface area contributed by atoms with Crippen LogP contribution in [0, 0.1) is 0 Å². The quantitative estimate of drug-likeness (QED) is 0.483. The Morgan fingerprint density at radius 2 is 1.81 bits per heavy atom. The second-order valence-electron chi connectivity index (χ2n) is 5.00. The molecule has 0 aromatic carbocycles. The standard InChI is InChI=1S/C15H29N5O/c1-4-7-9-20(10-8-5-2)15-11-13(19-16)17-14(18-15)12-21-6-3/h11H,4-10,12,16H2,1-3H3,(H,17,18,19). The Morgan fingerprint density at radius 1 is 1.14 bits per heavy atom. The van der Waals surface area contributed by atoms with Gasteiger partial charge in [-0.05, 0) is 19.8 Å². The summed E-state index contributed by atoms with van der Waals surface area (Å²) >= 11 is 0. The fourth-order valence-corrected chi connectivity index (χ4v) is 2.02. The highest BCUT2D eigenvalue weighted by Crippen LogP contribution is 2.17. The van der Waals surface area contributed by atoms with Crippen LogP contribution < -0.4 is 16.2 Å². The Bertz CT molecular complexity index is 392. The first-order chi connectivity index (χ1) is 10.2. The molecular formula is C15H29N5O. The van der Waals surface area contributed by atoms with Crippen molar-refractivity contribution in [2.45, 2.75) is 53.1 Å². The van der Waals surface area contributed by atoms with Crippen molar-refractivity contribution in [3.05, 3.63) is 11.9 Å². The summed E-state index contributed by atoms with van der Waals surface area (Å²) in [5, 5.41) is 0. The number of aromatic nitrogens is 2. The molecule has 0 unspecified atom stereocenters. The zero-order chi connectivity index (χ0) is 15.5. The second kappa shape index (κ2) is 10.3. The zero-order valence-electron chi connectivity index (χ0n) is 13.6. The van der Waals surface area contributed by atoms with Crippen molar-refractivity contribution in [2.75, 3.05) is 30.0 Å². The molecule has 0 amide bonds. The molecule has 0 atom stereocenters. The lowest BCUT2D eigenvalue weighted by Gasteiger charge is -2.24. The molecule has 1 heterocycles. The smallest absolute Gasteiger partial charge is 0.158 e. The molecule has 0 aliphatic carbocycles. The zero-order valence-corrected chi connectivity index (χ0v) is 13.6. The number of rotatable bonds is 11. The molecule has 0 saturated heterocycles. The molecular weight excluding hydrogens is 266 g/mol. The molecule has 0 aliphatic rings. The van der Waals surface area contributed by atoms with Crippen LogP contribution >= 0.6 is 0 Å². The van der Waals surface area contributed by atoms with E-state index in [1.807, 2.05) is 13.0 Å². The molecule has 0 spiro atoms. The van der Waals surface area contributed by atoms with E-state index in [2.05, 4.69) is 34.1 Å². The second-order valence-corrected chi connectivity index (χ2v) is 5.00. The highest BCUT2D eigenvalue weighted by atomic mass is 16.5. The monoisotopic (exact) mass is 295 g/mol. The summed E-state index contributed by atoms with van der Waals surface area (Å²) in [5.74, 6) is 7.74. The summed E-state index contributed by atoms with van der Waals surface area (Å²) in [7, 11) is 0. The Balaban J connectivity index is 2.91. The van der Waals surface area contributed by atoms with Crippen LogP contribution in [-0.4, -0.2) is 29.7 Å². The van der Waals surface area contributed by atoms with Gasteiger partial charge in [0.25, 0.3) is 0 Å². The van der Waals surface area contributed by atoms with Gasteiger partial charge < -0.3 is 15.1 Å². The summed E-state index contributed by atoms with van der Waals surface area (Å²) in [6, 6.07) is 1.90. The van der Waals surface area contributed by atoms with Crippen LogP contribution in [-0.2, 0) is 11.3 Å². The van der Waals surface area contributed by atoms with Crippen LogP contribution in [0.5, 0.6) is 0 Å². The Kier molecular flexibility index (Phi) is 8.69. The maximum Gasteiger partial charge on any atom is 0.158 e. The number of hydrazine groups is 1. The third kappa shape index (κ3) is 6.27. The van der Waals surface area contributed by atoms with E-state index in [4.69, 9.17) is 10.6 Å². The highest BCUT2D eigenvalue weighted by molar-refractivity contribution is 5.48. The van der Waals surface area contributed by atoms with Crippen LogP contribution in [0.2, 0.25) is 0 Å². The van der Waals surface area contributed by atoms with Crippen molar-refractivity contribution in [1.29, 1.82) is 0 Å².